The molecule has 0 unspecified atom stereocenters. The van der Waals surface area contributed by atoms with Crippen molar-refractivity contribution >= 4 is 17.3 Å². The Morgan fingerprint density at radius 3 is 2.53 bits per heavy atom. The number of methoxy groups -OCH3 is 2. The van der Waals surface area contributed by atoms with Gasteiger partial charge in [-0.2, -0.15) is 0 Å². The minimum absolute atomic E-state index is 0. The number of nitrogens with one attached hydrogen (secondary N) is 1. The van der Waals surface area contributed by atoms with E-state index in [1.54, 1.807) is 19.2 Å². The molecule has 0 radical (unpaired) electrons. The molecule has 0 atom stereocenters. The molecule has 0 saturated carbocycles. The third-order valence-electron chi connectivity index (χ3n) is 2.43. The molecule has 0 bridgehead atoms. The van der Waals surface area contributed by atoms with Gasteiger partial charge in [0.05, 0.1) is 30.7 Å². The molecule has 0 fully saturated rings. The molecule has 0 spiro atoms. The average molecular weight is 270 g/mol. The number of esters is 1. The fourth-order valence-corrected chi connectivity index (χ4v) is 1.47. The zero-order valence-electron chi connectivity index (χ0n) is 12.4. The molecular weight excluding hydrogens is 244 g/mol. The molecule has 0 heterocycles. The molecule has 0 saturated heterocycles. The third kappa shape index (κ3) is 5.18. The second-order valence-electron chi connectivity index (χ2n) is 3.67. The second kappa shape index (κ2) is 9.22. The van der Waals surface area contributed by atoms with E-state index in [0.29, 0.717) is 24.4 Å². The Hall–Kier alpha value is -1.75. The van der Waals surface area contributed by atoms with Crippen LogP contribution < -0.4 is 11.1 Å². The lowest BCUT2D eigenvalue weighted by molar-refractivity contribution is 0.0600. The predicted molar refractivity (Wildman–Crippen MR) is 80.8 cm³/mol. The van der Waals surface area contributed by atoms with Gasteiger partial charge < -0.3 is 20.5 Å². The topological polar surface area (TPSA) is 73.6 Å². The van der Waals surface area contributed by atoms with Crippen molar-refractivity contribution in [1.82, 2.24) is 0 Å². The maximum Gasteiger partial charge on any atom is 0.337 e. The number of hydrogen-bond donors (Lipinski definition) is 2. The quantitative estimate of drug-likeness (QED) is 0.489. The van der Waals surface area contributed by atoms with Crippen molar-refractivity contribution < 1.29 is 15.7 Å². The zero-order chi connectivity index (χ0) is 14.8. The van der Waals surface area contributed by atoms with Gasteiger partial charge in [0.1, 0.15) is 0 Å². The summed E-state index contributed by atoms with van der Waals surface area (Å²) in [5, 5.41) is 3.12. The Balaban J connectivity index is 0. The van der Waals surface area contributed by atoms with E-state index in [1.807, 2.05) is 20.8 Å². The molecule has 110 valence electrons. The van der Waals surface area contributed by atoms with Gasteiger partial charge in [-0.1, -0.05) is 13.8 Å². The SMILES string of the molecule is CC.COCCNc1cc(C(=O)OC)cc(C)c1N.[HH]. The Morgan fingerprint density at radius 1 is 1.37 bits per heavy atom. The summed E-state index contributed by atoms with van der Waals surface area (Å²) in [5.74, 6) is -0.372. The maximum atomic E-state index is 11.4. The molecule has 0 aliphatic heterocycles. The number of rotatable bonds is 5. The van der Waals surface area contributed by atoms with E-state index in [2.05, 4.69) is 10.1 Å². The fraction of sp³-hybridized carbons (Fsp3) is 0.500. The van der Waals surface area contributed by atoms with Crippen LogP contribution in [0.4, 0.5) is 11.4 Å². The minimum atomic E-state index is -0.372. The average Bonchev–Trinajstić information content (AvgIpc) is 2.44. The standard InChI is InChI=1S/C12H18N2O3.C2H6.H2/c1-8-6-9(12(15)17-3)7-10(11(8)13)14-4-5-16-2;1-2;/h6-7,14H,4-5,13H2,1-3H3;1-2H3;1H. The van der Waals surface area contributed by atoms with Crippen LogP contribution in [0.2, 0.25) is 0 Å². The summed E-state index contributed by atoms with van der Waals surface area (Å²) >= 11 is 0. The Bertz CT molecular complexity index is 412. The van der Waals surface area contributed by atoms with Gasteiger partial charge in [-0.15, -0.1) is 0 Å². The third-order valence-corrected chi connectivity index (χ3v) is 2.43. The van der Waals surface area contributed by atoms with Gasteiger partial charge in [0.2, 0.25) is 0 Å². The molecule has 1 aromatic rings. The number of aryl methyl sites for hydroxylation is 1. The summed E-state index contributed by atoms with van der Waals surface area (Å²) in [6.45, 7) is 7.05. The Morgan fingerprint density at radius 2 is 2.00 bits per heavy atom. The van der Waals surface area contributed by atoms with Crippen LogP contribution in [0.5, 0.6) is 0 Å². The number of ether oxygens (including phenoxy) is 2. The Kier molecular flexibility index (Phi) is 8.37. The first-order valence-electron chi connectivity index (χ1n) is 6.31. The van der Waals surface area contributed by atoms with Gasteiger partial charge in [-0.05, 0) is 24.6 Å². The van der Waals surface area contributed by atoms with Crippen molar-refractivity contribution in [1.29, 1.82) is 0 Å². The second-order valence-corrected chi connectivity index (χ2v) is 3.67. The number of hydrogen-bond acceptors (Lipinski definition) is 5. The first-order chi connectivity index (χ1) is 9.10. The molecule has 1 rings (SSSR count). The van der Waals surface area contributed by atoms with E-state index in [-0.39, 0.29) is 7.40 Å². The van der Waals surface area contributed by atoms with Crippen LogP contribution in [0, 0.1) is 6.92 Å². The number of carbonyl (C=O) groups is 1. The molecule has 0 aliphatic carbocycles. The first kappa shape index (κ1) is 17.2. The van der Waals surface area contributed by atoms with E-state index in [9.17, 15) is 4.79 Å². The molecule has 0 aliphatic rings. The van der Waals surface area contributed by atoms with Crippen molar-refractivity contribution in [3.8, 4) is 0 Å². The summed E-state index contributed by atoms with van der Waals surface area (Å²) in [6, 6.07) is 3.40. The van der Waals surface area contributed by atoms with Crippen LogP contribution in [0.15, 0.2) is 12.1 Å². The van der Waals surface area contributed by atoms with E-state index >= 15 is 0 Å². The molecule has 5 nitrogen and oxygen atoms in total. The first-order valence-corrected chi connectivity index (χ1v) is 6.31. The normalized spacial score (nSPS) is 9.32. The van der Waals surface area contributed by atoms with Gasteiger partial charge >= 0.3 is 5.97 Å². The number of nitrogen functional groups attached to an aromatic ring is 1. The predicted octanol–water partition coefficient (Wildman–Crippen LogP) is 2.69. The van der Waals surface area contributed by atoms with Gasteiger partial charge in [0, 0.05) is 15.1 Å². The van der Waals surface area contributed by atoms with Crippen LogP contribution in [-0.4, -0.2) is 33.3 Å². The van der Waals surface area contributed by atoms with Crippen molar-refractivity contribution in [2.45, 2.75) is 20.8 Å². The lowest BCUT2D eigenvalue weighted by Crippen LogP contribution is -2.11. The number of anilines is 2. The highest BCUT2D eigenvalue weighted by atomic mass is 16.5. The lowest BCUT2D eigenvalue weighted by Gasteiger charge is -2.12. The number of nitrogens with two attached hydrogens (primary N) is 1. The zero-order valence-corrected chi connectivity index (χ0v) is 12.4. The van der Waals surface area contributed by atoms with Crippen LogP contribution in [-0.2, 0) is 9.47 Å². The molecule has 1 aromatic carbocycles. The van der Waals surface area contributed by atoms with Crippen molar-refractivity contribution in [2.24, 2.45) is 0 Å². The van der Waals surface area contributed by atoms with Gasteiger partial charge in [-0.3, -0.25) is 0 Å². The van der Waals surface area contributed by atoms with E-state index in [4.69, 9.17) is 10.5 Å². The molecule has 19 heavy (non-hydrogen) atoms. The van der Waals surface area contributed by atoms with Crippen LogP contribution in [0.3, 0.4) is 0 Å². The highest BCUT2D eigenvalue weighted by Crippen LogP contribution is 2.24. The highest BCUT2D eigenvalue weighted by molar-refractivity contribution is 5.92. The van der Waals surface area contributed by atoms with Crippen LogP contribution in [0.25, 0.3) is 0 Å². The molecule has 5 heteroatoms. The van der Waals surface area contributed by atoms with Gasteiger partial charge in [-0.25, -0.2) is 4.79 Å². The number of carbonyl (C=O) groups excluding carboxylic acids is 1. The number of benzene rings is 1. The Labute approximate surface area is 116 Å². The van der Waals surface area contributed by atoms with Crippen LogP contribution in [0.1, 0.15) is 31.2 Å². The van der Waals surface area contributed by atoms with Crippen molar-refractivity contribution in [2.75, 3.05) is 38.4 Å². The van der Waals surface area contributed by atoms with Crippen LogP contribution >= 0.6 is 0 Å². The van der Waals surface area contributed by atoms with E-state index < -0.39 is 0 Å². The summed E-state index contributed by atoms with van der Waals surface area (Å²) in [7, 11) is 2.98. The molecule has 0 amide bonds. The summed E-state index contributed by atoms with van der Waals surface area (Å²) in [6.07, 6.45) is 0. The van der Waals surface area contributed by atoms with E-state index in [0.717, 1.165) is 11.3 Å². The lowest BCUT2D eigenvalue weighted by atomic mass is 10.1. The summed E-state index contributed by atoms with van der Waals surface area (Å²) < 4.78 is 9.62. The smallest absolute Gasteiger partial charge is 0.337 e. The highest BCUT2D eigenvalue weighted by Gasteiger charge is 2.10. The monoisotopic (exact) mass is 270 g/mol. The maximum absolute atomic E-state index is 11.4. The fourth-order valence-electron chi connectivity index (χ4n) is 1.47. The molecule has 0 aromatic heterocycles. The van der Waals surface area contributed by atoms with Crippen molar-refractivity contribution in [3.63, 3.8) is 0 Å². The molecule has 3 N–H and O–H groups in total. The summed E-state index contributed by atoms with van der Waals surface area (Å²) in [4.78, 5) is 11.4. The molecular formula is C14H26N2O3. The minimum Gasteiger partial charge on any atom is -0.465 e. The largest absolute Gasteiger partial charge is 0.465 e. The van der Waals surface area contributed by atoms with Crippen molar-refractivity contribution in [3.05, 3.63) is 23.3 Å². The van der Waals surface area contributed by atoms with Gasteiger partial charge in [0.25, 0.3) is 0 Å². The van der Waals surface area contributed by atoms with E-state index in [1.165, 1.54) is 7.11 Å². The summed E-state index contributed by atoms with van der Waals surface area (Å²) in [5.41, 5.74) is 8.60. The van der Waals surface area contributed by atoms with Gasteiger partial charge in [0.15, 0.2) is 0 Å².